The average Bonchev–Trinajstić information content (AvgIpc) is 3.24. The van der Waals surface area contributed by atoms with Gasteiger partial charge in [0.05, 0.1) is 12.1 Å². The molecule has 3 aromatic rings. The van der Waals surface area contributed by atoms with E-state index in [1.807, 2.05) is 30.3 Å². The predicted octanol–water partition coefficient (Wildman–Crippen LogP) is 3.68. The molecule has 2 N–H and O–H groups in total. The number of nitrogens with zero attached hydrogens (tertiary/aromatic N) is 4. The maximum atomic E-state index is 12.8. The first-order chi connectivity index (χ1) is 14.8. The number of aryl methyl sites for hydroxylation is 1. The number of benzene rings is 2. The first-order valence-electron chi connectivity index (χ1n) is 9.18. The molecule has 1 amide bonds. The zero-order valence-corrected chi connectivity index (χ0v) is 16.8. The third kappa shape index (κ3) is 4.39. The molecule has 0 bridgehead atoms. The lowest BCUT2D eigenvalue weighted by Gasteiger charge is -2.15. The van der Waals surface area contributed by atoms with Crippen LogP contribution in [-0.2, 0) is 11.3 Å². The second kappa shape index (κ2) is 8.85. The summed E-state index contributed by atoms with van der Waals surface area (Å²) >= 11 is 0. The van der Waals surface area contributed by atoms with E-state index in [4.69, 9.17) is 9.68 Å². The standard InChI is InChI=1S/C23H18N4O4/c1-14-8-16(9-17(10-24)21(14)28)22(29)18(11-25)23(30)27(2)12-20-26-19(13-31-20)15-6-4-3-5-7-15/h3-9,13,28-29H,12H2,1-2H3/b22-18-. The van der Waals surface area contributed by atoms with Gasteiger partial charge in [-0.2, -0.15) is 10.5 Å². The molecule has 0 saturated heterocycles. The number of carbonyl (C=O) groups excluding carboxylic acids is 1. The van der Waals surface area contributed by atoms with E-state index in [0.29, 0.717) is 11.3 Å². The van der Waals surface area contributed by atoms with Crippen LogP contribution in [0.2, 0.25) is 0 Å². The highest BCUT2D eigenvalue weighted by Gasteiger charge is 2.23. The fourth-order valence-corrected chi connectivity index (χ4v) is 2.94. The van der Waals surface area contributed by atoms with Gasteiger partial charge < -0.3 is 19.5 Å². The normalized spacial score (nSPS) is 11.2. The number of likely N-dealkylation sites (N-methyl/N-ethyl adjacent to an activating group) is 1. The summed E-state index contributed by atoms with van der Waals surface area (Å²) in [5.41, 5.74) is 1.29. The Hall–Kier alpha value is -4.56. The fourth-order valence-electron chi connectivity index (χ4n) is 2.94. The molecule has 0 spiro atoms. The zero-order chi connectivity index (χ0) is 22.5. The molecule has 0 saturated carbocycles. The van der Waals surface area contributed by atoms with Gasteiger partial charge >= 0.3 is 0 Å². The Bertz CT molecular complexity index is 1250. The number of carbonyl (C=O) groups is 1. The first kappa shape index (κ1) is 21.2. The van der Waals surface area contributed by atoms with Crippen LogP contribution in [0.5, 0.6) is 5.75 Å². The largest absolute Gasteiger partial charge is 0.506 e. The minimum atomic E-state index is -0.747. The number of aromatic nitrogens is 1. The minimum absolute atomic E-state index is 0.0256. The van der Waals surface area contributed by atoms with Crippen molar-refractivity contribution in [2.24, 2.45) is 0 Å². The number of oxazole rings is 1. The summed E-state index contributed by atoms with van der Waals surface area (Å²) in [6.45, 7) is 1.52. The number of aliphatic hydroxyl groups excluding tert-OH is 1. The van der Waals surface area contributed by atoms with E-state index in [9.17, 15) is 20.3 Å². The Morgan fingerprint density at radius 1 is 1.23 bits per heavy atom. The second-order valence-corrected chi connectivity index (χ2v) is 6.79. The van der Waals surface area contributed by atoms with Crippen LogP contribution < -0.4 is 0 Å². The summed E-state index contributed by atoms with van der Waals surface area (Å²) in [6, 6.07) is 15.5. The highest BCUT2D eigenvalue weighted by atomic mass is 16.3. The summed E-state index contributed by atoms with van der Waals surface area (Å²) in [6.07, 6.45) is 1.48. The lowest BCUT2D eigenvalue weighted by molar-refractivity contribution is -0.126. The highest BCUT2D eigenvalue weighted by Crippen LogP contribution is 2.28. The third-order valence-corrected chi connectivity index (χ3v) is 4.60. The minimum Gasteiger partial charge on any atom is -0.506 e. The van der Waals surface area contributed by atoms with Gasteiger partial charge in [-0.15, -0.1) is 0 Å². The summed E-state index contributed by atoms with van der Waals surface area (Å²) in [5, 5.41) is 39.0. The van der Waals surface area contributed by atoms with Crippen molar-refractivity contribution < 1.29 is 19.4 Å². The molecule has 1 heterocycles. The Balaban J connectivity index is 1.85. The molecule has 0 radical (unpaired) electrons. The summed E-state index contributed by atoms with van der Waals surface area (Å²) in [4.78, 5) is 18.3. The molecule has 3 rings (SSSR count). The zero-order valence-electron chi connectivity index (χ0n) is 16.8. The highest BCUT2D eigenvalue weighted by molar-refractivity contribution is 6.03. The van der Waals surface area contributed by atoms with Crippen molar-refractivity contribution in [2.45, 2.75) is 13.5 Å². The summed E-state index contributed by atoms with van der Waals surface area (Å²) < 4.78 is 5.43. The Kier molecular flexibility index (Phi) is 6.04. The van der Waals surface area contributed by atoms with E-state index in [1.165, 1.54) is 30.3 Å². The molecule has 0 fully saturated rings. The van der Waals surface area contributed by atoms with Crippen LogP contribution in [0.4, 0.5) is 0 Å². The van der Waals surface area contributed by atoms with Gasteiger partial charge in [0.2, 0.25) is 5.89 Å². The van der Waals surface area contributed by atoms with Crippen LogP contribution in [0.1, 0.15) is 22.6 Å². The van der Waals surface area contributed by atoms with Gasteiger partial charge in [0, 0.05) is 18.2 Å². The number of rotatable bonds is 5. The van der Waals surface area contributed by atoms with Crippen molar-refractivity contribution in [3.05, 3.63) is 76.9 Å². The quantitative estimate of drug-likeness (QED) is 0.369. The van der Waals surface area contributed by atoms with Crippen molar-refractivity contribution in [1.29, 1.82) is 10.5 Å². The smallest absolute Gasteiger partial charge is 0.268 e. The van der Waals surface area contributed by atoms with Crippen molar-refractivity contribution in [1.82, 2.24) is 9.88 Å². The van der Waals surface area contributed by atoms with E-state index < -0.39 is 17.2 Å². The van der Waals surface area contributed by atoms with Gasteiger partial charge in [0.25, 0.3) is 5.91 Å². The molecule has 31 heavy (non-hydrogen) atoms. The Morgan fingerprint density at radius 3 is 2.58 bits per heavy atom. The van der Waals surface area contributed by atoms with E-state index in [1.54, 1.807) is 19.1 Å². The number of amides is 1. The summed E-state index contributed by atoms with van der Waals surface area (Å²) in [7, 11) is 1.45. The average molecular weight is 414 g/mol. The number of nitriles is 2. The molecule has 2 aromatic carbocycles. The van der Waals surface area contributed by atoms with E-state index in [0.717, 1.165) is 5.56 Å². The van der Waals surface area contributed by atoms with Crippen LogP contribution >= 0.6 is 0 Å². The second-order valence-electron chi connectivity index (χ2n) is 6.79. The van der Waals surface area contributed by atoms with Gasteiger partial charge in [-0.25, -0.2) is 4.98 Å². The van der Waals surface area contributed by atoms with Crippen molar-refractivity contribution in [2.75, 3.05) is 7.05 Å². The van der Waals surface area contributed by atoms with Crippen LogP contribution in [0.25, 0.3) is 17.0 Å². The molecule has 154 valence electrons. The van der Waals surface area contributed by atoms with Crippen LogP contribution in [0.3, 0.4) is 0 Å². The van der Waals surface area contributed by atoms with E-state index in [-0.39, 0.29) is 29.3 Å². The number of aliphatic hydroxyl groups is 1. The third-order valence-electron chi connectivity index (χ3n) is 4.60. The molecule has 8 heteroatoms. The van der Waals surface area contributed by atoms with Crippen molar-refractivity contribution in [3.63, 3.8) is 0 Å². The predicted molar refractivity (Wildman–Crippen MR) is 111 cm³/mol. The lowest BCUT2D eigenvalue weighted by atomic mass is 10.0. The maximum absolute atomic E-state index is 12.8. The number of hydrogen-bond donors (Lipinski definition) is 2. The van der Waals surface area contributed by atoms with Gasteiger partial charge in [0.15, 0.2) is 5.57 Å². The molecule has 0 atom stereocenters. The maximum Gasteiger partial charge on any atom is 0.268 e. The monoisotopic (exact) mass is 414 g/mol. The summed E-state index contributed by atoms with van der Waals surface area (Å²) in [5.74, 6) is -1.29. The SMILES string of the molecule is Cc1cc(/C(O)=C(\C#N)C(=O)N(C)Cc2nc(-c3ccccc3)co2)cc(C#N)c1O. The molecule has 0 unspecified atom stereocenters. The van der Waals surface area contributed by atoms with E-state index >= 15 is 0 Å². The molecule has 1 aromatic heterocycles. The molecule has 0 aliphatic heterocycles. The van der Waals surface area contributed by atoms with Gasteiger partial charge in [-0.05, 0) is 24.6 Å². The Labute approximate surface area is 178 Å². The van der Waals surface area contributed by atoms with Gasteiger partial charge in [0.1, 0.15) is 35.6 Å². The molecular formula is C23H18N4O4. The number of phenolic OH excluding ortho intramolecular Hbond substituents is 1. The topological polar surface area (TPSA) is 134 Å². The number of hydrogen-bond acceptors (Lipinski definition) is 7. The first-order valence-corrected chi connectivity index (χ1v) is 9.18. The fraction of sp³-hybridized carbons (Fsp3) is 0.130. The van der Waals surface area contributed by atoms with Crippen LogP contribution in [0, 0.1) is 29.6 Å². The molecule has 0 aliphatic carbocycles. The number of aromatic hydroxyl groups is 1. The Morgan fingerprint density at radius 2 is 1.94 bits per heavy atom. The van der Waals surface area contributed by atoms with E-state index in [2.05, 4.69) is 4.98 Å². The molecule has 8 nitrogen and oxygen atoms in total. The number of phenols is 1. The molecular weight excluding hydrogens is 396 g/mol. The lowest BCUT2D eigenvalue weighted by Crippen LogP contribution is -2.28. The molecule has 0 aliphatic rings. The van der Waals surface area contributed by atoms with Gasteiger partial charge in [-0.3, -0.25) is 4.79 Å². The van der Waals surface area contributed by atoms with Crippen molar-refractivity contribution in [3.8, 4) is 29.1 Å². The van der Waals surface area contributed by atoms with Gasteiger partial charge in [-0.1, -0.05) is 30.3 Å². The van der Waals surface area contributed by atoms with Crippen LogP contribution in [-0.4, -0.2) is 33.1 Å². The van der Waals surface area contributed by atoms with Crippen LogP contribution in [0.15, 0.2) is 58.7 Å². The van der Waals surface area contributed by atoms with Crippen molar-refractivity contribution >= 4 is 11.7 Å².